The maximum absolute atomic E-state index is 11.4. The van der Waals surface area contributed by atoms with Gasteiger partial charge in [-0.3, -0.25) is 4.79 Å². The average Bonchev–Trinajstić information content (AvgIpc) is 2.92. The summed E-state index contributed by atoms with van der Waals surface area (Å²) < 4.78 is 1.42. The van der Waals surface area contributed by atoms with Gasteiger partial charge in [-0.25, -0.2) is 14.5 Å². The Morgan fingerprint density at radius 1 is 1.35 bits per heavy atom. The number of nitrogens with one attached hydrogen (secondary N) is 1. The highest BCUT2D eigenvalue weighted by Crippen LogP contribution is 2.23. The molecule has 0 saturated heterocycles. The zero-order chi connectivity index (χ0) is 16.6. The molecule has 0 atom stereocenters. The summed E-state index contributed by atoms with van der Waals surface area (Å²) in [5.41, 5.74) is 0.576. The van der Waals surface area contributed by atoms with Gasteiger partial charge in [0, 0.05) is 11.8 Å². The first-order valence-electron chi connectivity index (χ1n) is 6.62. The summed E-state index contributed by atoms with van der Waals surface area (Å²) in [6.07, 6.45) is 1.46. The van der Waals surface area contributed by atoms with Gasteiger partial charge in [0.25, 0.3) is 5.56 Å². The van der Waals surface area contributed by atoms with Crippen LogP contribution in [0.25, 0.3) is 17.1 Å². The van der Waals surface area contributed by atoms with E-state index in [0.29, 0.717) is 22.9 Å². The standard InChI is InChI=1S/C15H11ClN4O3/c1-8-18-13(9-6-11(16)14(21)17-7-9)20(19-8)12-5-3-2-4-10(12)15(22)23/h2-7H,1H3,(H,17,21)(H,22,23). The van der Waals surface area contributed by atoms with Crippen molar-refractivity contribution in [2.24, 2.45) is 0 Å². The highest BCUT2D eigenvalue weighted by molar-refractivity contribution is 6.30. The second-order valence-corrected chi connectivity index (χ2v) is 5.19. The Bertz CT molecular complexity index is 961. The van der Waals surface area contributed by atoms with Crippen LogP contribution in [-0.4, -0.2) is 30.8 Å². The average molecular weight is 331 g/mol. The third-order valence-electron chi connectivity index (χ3n) is 3.19. The lowest BCUT2D eigenvalue weighted by molar-refractivity contribution is 0.0697. The number of hydrogen-bond acceptors (Lipinski definition) is 4. The van der Waals surface area contributed by atoms with Crippen molar-refractivity contribution >= 4 is 17.6 Å². The number of aromatic carboxylic acids is 1. The zero-order valence-corrected chi connectivity index (χ0v) is 12.7. The summed E-state index contributed by atoms with van der Waals surface area (Å²) in [5, 5.41) is 13.6. The molecule has 0 radical (unpaired) electrons. The molecule has 23 heavy (non-hydrogen) atoms. The van der Waals surface area contributed by atoms with Crippen LogP contribution >= 0.6 is 11.6 Å². The Morgan fingerprint density at radius 2 is 2.09 bits per heavy atom. The van der Waals surface area contributed by atoms with Crippen molar-refractivity contribution in [2.45, 2.75) is 6.92 Å². The van der Waals surface area contributed by atoms with Crippen LogP contribution in [-0.2, 0) is 0 Å². The van der Waals surface area contributed by atoms with Crippen molar-refractivity contribution in [3.05, 3.63) is 63.3 Å². The number of hydrogen-bond donors (Lipinski definition) is 2. The van der Waals surface area contributed by atoms with E-state index in [1.807, 2.05) is 0 Å². The normalized spacial score (nSPS) is 10.7. The van der Waals surface area contributed by atoms with Gasteiger partial charge in [0.2, 0.25) is 0 Å². The van der Waals surface area contributed by atoms with E-state index in [-0.39, 0.29) is 10.6 Å². The molecular formula is C15H11ClN4O3. The van der Waals surface area contributed by atoms with Crippen LogP contribution in [0.5, 0.6) is 0 Å². The van der Waals surface area contributed by atoms with Crippen LogP contribution in [0, 0.1) is 6.92 Å². The predicted molar refractivity (Wildman–Crippen MR) is 84.1 cm³/mol. The first-order valence-corrected chi connectivity index (χ1v) is 7.00. The first kappa shape index (κ1) is 15.0. The molecular weight excluding hydrogens is 320 g/mol. The molecule has 2 aromatic heterocycles. The lowest BCUT2D eigenvalue weighted by Crippen LogP contribution is -2.09. The van der Waals surface area contributed by atoms with Gasteiger partial charge in [0.05, 0.1) is 11.3 Å². The van der Waals surface area contributed by atoms with E-state index in [1.54, 1.807) is 25.1 Å². The number of nitrogens with zero attached hydrogens (tertiary/aromatic N) is 3. The van der Waals surface area contributed by atoms with Crippen LogP contribution < -0.4 is 5.56 Å². The number of aryl methyl sites for hydroxylation is 1. The Labute approximate surface area is 135 Å². The van der Waals surface area contributed by atoms with Gasteiger partial charge in [-0.1, -0.05) is 23.7 Å². The molecule has 0 amide bonds. The van der Waals surface area contributed by atoms with Gasteiger partial charge in [0.1, 0.15) is 10.8 Å². The van der Waals surface area contributed by atoms with Gasteiger partial charge < -0.3 is 10.1 Å². The van der Waals surface area contributed by atoms with Crippen molar-refractivity contribution in [1.82, 2.24) is 19.7 Å². The number of benzene rings is 1. The van der Waals surface area contributed by atoms with E-state index < -0.39 is 11.5 Å². The second-order valence-electron chi connectivity index (χ2n) is 4.78. The second kappa shape index (κ2) is 5.69. The number of H-pyrrole nitrogens is 1. The number of rotatable bonds is 3. The van der Waals surface area contributed by atoms with Gasteiger partial charge in [-0.15, -0.1) is 0 Å². The molecule has 7 nitrogen and oxygen atoms in total. The maximum atomic E-state index is 11.4. The third kappa shape index (κ3) is 2.74. The molecule has 116 valence electrons. The minimum Gasteiger partial charge on any atom is -0.478 e. The summed E-state index contributed by atoms with van der Waals surface area (Å²) in [5.74, 6) is -0.226. The predicted octanol–water partition coefficient (Wildman–Crippen LogP) is 2.28. The molecule has 0 fully saturated rings. The molecule has 0 saturated carbocycles. The maximum Gasteiger partial charge on any atom is 0.337 e. The van der Waals surface area contributed by atoms with Crippen molar-refractivity contribution in [2.75, 3.05) is 0 Å². The van der Waals surface area contributed by atoms with E-state index in [0.717, 1.165) is 0 Å². The first-order chi connectivity index (χ1) is 11.0. The number of carbonyl (C=O) groups is 1. The van der Waals surface area contributed by atoms with E-state index in [2.05, 4.69) is 15.1 Å². The smallest absolute Gasteiger partial charge is 0.337 e. The Balaban J connectivity index is 2.25. The highest BCUT2D eigenvalue weighted by Gasteiger charge is 2.18. The molecule has 3 aromatic rings. The highest BCUT2D eigenvalue weighted by atomic mass is 35.5. The minimum atomic E-state index is -1.07. The SMILES string of the molecule is Cc1nc(-c2c[nH]c(=O)c(Cl)c2)n(-c2ccccc2C(=O)O)n1. The molecule has 0 spiro atoms. The molecule has 0 aliphatic rings. The van der Waals surface area contributed by atoms with Crippen LogP contribution in [0.3, 0.4) is 0 Å². The summed E-state index contributed by atoms with van der Waals surface area (Å²) >= 11 is 5.86. The zero-order valence-electron chi connectivity index (χ0n) is 11.9. The summed E-state index contributed by atoms with van der Waals surface area (Å²) in [6.45, 7) is 1.69. The summed E-state index contributed by atoms with van der Waals surface area (Å²) in [6, 6.07) is 7.92. The van der Waals surface area contributed by atoms with Crippen molar-refractivity contribution in [3.63, 3.8) is 0 Å². The van der Waals surface area contributed by atoms with Gasteiger partial charge >= 0.3 is 5.97 Å². The largest absolute Gasteiger partial charge is 0.478 e. The number of aromatic nitrogens is 4. The molecule has 2 heterocycles. The Kier molecular flexibility index (Phi) is 3.71. The van der Waals surface area contributed by atoms with Crippen molar-refractivity contribution in [1.29, 1.82) is 0 Å². The molecule has 0 unspecified atom stereocenters. The van der Waals surface area contributed by atoms with Crippen LogP contribution in [0.4, 0.5) is 0 Å². The van der Waals surface area contributed by atoms with Gasteiger partial charge in [0.15, 0.2) is 5.82 Å². The van der Waals surface area contributed by atoms with Crippen LogP contribution in [0.1, 0.15) is 16.2 Å². The quantitative estimate of drug-likeness (QED) is 0.767. The molecule has 8 heteroatoms. The molecule has 1 aromatic carbocycles. The van der Waals surface area contributed by atoms with Gasteiger partial charge in [-0.2, -0.15) is 5.10 Å². The fourth-order valence-electron chi connectivity index (χ4n) is 2.19. The van der Waals surface area contributed by atoms with E-state index >= 15 is 0 Å². The van der Waals surface area contributed by atoms with Crippen LogP contribution in [0.15, 0.2) is 41.3 Å². The van der Waals surface area contributed by atoms with Crippen molar-refractivity contribution < 1.29 is 9.90 Å². The summed E-state index contributed by atoms with van der Waals surface area (Å²) in [7, 11) is 0. The lowest BCUT2D eigenvalue weighted by Gasteiger charge is -2.09. The van der Waals surface area contributed by atoms with Crippen molar-refractivity contribution in [3.8, 4) is 17.1 Å². The fourth-order valence-corrected chi connectivity index (χ4v) is 2.37. The van der Waals surface area contributed by atoms with E-state index in [1.165, 1.54) is 23.0 Å². The molecule has 0 bridgehead atoms. The number of pyridine rings is 1. The van der Waals surface area contributed by atoms with E-state index in [4.69, 9.17) is 11.6 Å². The monoisotopic (exact) mass is 330 g/mol. The van der Waals surface area contributed by atoms with Crippen LogP contribution in [0.2, 0.25) is 5.02 Å². The number of carboxylic acid groups (broad SMARTS) is 1. The molecule has 2 N–H and O–H groups in total. The number of carboxylic acids is 1. The third-order valence-corrected chi connectivity index (χ3v) is 3.47. The van der Waals surface area contributed by atoms with E-state index in [9.17, 15) is 14.7 Å². The minimum absolute atomic E-state index is 0.0150. The lowest BCUT2D eigenvalue weighted by atomic mass is 10.1. The summed E-state index contributed by atoms with van der Waals surface area (Å²) in [4.78, 5) is 29.6. The number of halogens is 1. The number of aromatic amines is 1. The Hall–Kier alpha value is -2.93. The number of para-hydroxylation sites is 1. The van der Waals surface area contributed by atoms with Gasteiger partial charge in [-0.05, 0) is 25.1 Å². The Morgan fingerprint density at radius 3 is 2.78 bits per heavy atom. The molecule has 0 aliphatic heterocycles. The fraction of sp³-hybridized carbons (Fsp3) is 0.0667. The molecule has 3 rings (SSSR count). The topological polar surface area (TPSA) is 101 Å². The molecule has 0 aliphatic carbocycles.